The molecule has 0 aliphatic carbocycles. The van der Waals surface area contributed by atoms with Crippen molar-refractivity contribution in [2.24, 2.45) is 4.99 Å². The standard InChI is InChI=1S/C18H22BrN3O3S.HI/c1-2-20-18(22-15-9-10-26(23,24)12-15)21-11-16-7-8-17(25-16)13-3-5-14(19)6-4-13;/h3-8,15H,2,9-12H2,1H3,(H2,20,21,22);1H. The molecule has 6 nitrogen and oxygen atoms in total. The Morgan fingerprint density at radius 3 is 2.63 bits per heavy atom. The molecule has 2 N–H and O–H groups in total. The minimum Gasteiger partial charge on any atom is -0.459 e. The van der Waals surface area contributed by atoms with Crippen molar-refractivity contribution in [3.63, 3.8) is 0 Å². The lowest BCUT2D eigenvalue weighted by Gasteiger charge is -2.15. The van der Waals surface area contributed by atoms with Crippen molar-refractivity contribution in [1.29, 1.82) is 0 Å². The second-order valence-electron chi connectivity index (χ2n) is 6.21. The molecule has 27 heavy (non-hydrogen) atoms. The van der Waals surface area contributed by atoms with Gasteiger partial charge in [0, 0.05) is 22.6 Å². The highest BCUT2D eigenvalue weighted by molar-refractivity contribution is 14.0. The van der Waals surface area contributed by atoms with Gasteiger partial charge in [-0.15, -0.1) is 24.0 Å². The summed E-state index contributed by atoms with van der Waals surface area (Å²) in [6.45, 7) is 3.06. The van der Waals surface area contributed by atoms with Gasteiger partial charge in [-0.1, -0.05) is 28.1 Å². The van der Waals surface area contributed by atoms with Gasteiger partial charge in [-0.05, 0) is 37.6 Å². The summed E-state index contributed by atoms with van der Waals surface area (Å²) in [5.74, 6) is 2.54. The van der Waals surface area contributed by atoms with Gasteiger partial charge in [0.25, 0.3) is 0 Å². The fourth-order valence-electron chi connectivity index (χ4n) is 2.81. The number of halogens is 2. The average Bonchev–Trinajstić information content (AvgIpc) is 3.20. The van der Waals surface area contributed by atoms with E-state index in [0.29, 0.717) is 25.5 Å². The summed E-state index contributed by atoms with van der Waals surface area (Å²) in [5, 5.41) is 6.35. The Kier molecular flexibility index (Phi) is 8.17. The van der Waals surface area contributed by atoms with Crippen molar-refractivity contribution in [1.82, 2.24) is 10.6 Å². The molecule has 1 aliphatic heterocycles. The SMILES string of the molecule is CCNC(=NCc1ccc(-c2ccc(Br)cc2)o1)NC1CCS(=O)(=O)C1.I. The van der Waals surface area contributed by atoms with Crippen LogP contribution >= 0.6 is 39.9 Å². The fourth-order valence-corrected chi connectivity index (χ4v) is 4.75. The van der Waals surface area contributed by atoms with Crippen molar-refractivity contribution in [2.75, 3.05) is 18.1 Å². The summed E-state index contributed by atoms with van der Waals surface area (Å²) < 4.78 is 30.1. The van der Waals surface area contributed by atoms with Crippen molar-refractivity contribution in [2.45, 2.75) is 25.9 Å². The molecule has 1 aromatic carbocycles. The molecule has 3 rings (SSSR count). The van der Waals surface area contributed by atoms with E-state index < -0.39 is 9.84 Å². The van der Waals surface area contributed by atoms with Crippen LogP contribution in [0.3, 0.4) is 0 Å². The molecule has 0 saturated carbocycles. The van der Waals surface area contributed by atoms with Gasteiger partial charge in [0.2, 0.25) is 0 Å². The first-order valence-corrected chi connectivity index (χ1v) is 11.2. The van der Waals surface area contributed by atoms with Crippen LogP contribution in [-0.2, 0) is 16.4 Å². The molecule has 1 aromatic heterocycles. The Hall–Kier alpha value is -1.07. The number of benzene rings is 1. The summed E-state index contributed by atoms with van der Waals surface area (Å²) in [5.41, 5.74) is 1.00. The summed E-state index contributed by atoms with van der Waals surface area (Å²) in [6.07, 6.45) is 0.612. The number of nitrogens with one attached hydrogen (secondary N) is 2. The van der Waals surface area contributed by atoms with Crippen LogP contribution in [0.2, 0.25) is 0 Å². The smallest absolute Gasteiger partial charge is 0.191 e. The molecule has 1 atom stereocenters. The number of nitrogens with zero attached hydrogens (tertiary/aromatic N) is 1. The van der Waals surface area contributed by atoms with Crippen LogP contribution in [0.15, 0.2) is 50.3 Å². The summed E-state index contributed by atoms with van der Waals surface area (Å²) in [4.78, 5) is 4.51. The highest BCUT2D eigenvalue weighted by Crippen LogP contribution is 2.24. The molecular weight excluding hydrogens is 545 g/mol. The van der Waals surface area contributed by atoms with E-state index in [0.717, 1.165) is 21.6 Å². The first-order valence-electron chi connectivity index (χ1n) is 8.55. The normalized spacial score (nSPS) is 18.7. The molecule has 1 unspecified atom stereocenters. The maximum atomic E-state index is 11.6. The lowest BCUT2D eigenvalue weighted by atomic mass is 10.2. The Morgan fingerprint density at radius 1 is 1.26 bits per heavy atom. The molecule has 1 aliphatic rings. The van der Waals surface area contributed by atoms with E-state index in [4.69, 9.17) is 4.42 Å². The Morgan fingerprint density at radius 2 is 2.00 bits per heavy atom. The first-order chi connectivity index (χ1) is 12.4. The zero-order valence-electron chi connectivity index (χ0n) is 14.9. The van der Waals surface area contributed by atoms with Crippen LogP contribution in [0.25, 0.3) is 11.3 Å². The number of furan rings is 1. The average molecular weight is 568 g/mol. The van der Waals surface area contributed by atoms with Gasteiger partial charge in [0.15, 0.2) is 15.8 Å². The highest BCUT2D eigenvalue weighted by atomic mass is 127. The van der Waals surface area contributed by atoms with Gasteiger partial charge in [-0.3, -0.25) is 0 Å². The lowest BCUT2D eigenvalue weighted by molar-refractivity contribution is 0.524. The van der Waals surface area contributed by atoms with E-state index in [-0.39, 0.29) is 41.5 Å². The molecular formula is C18H23BrIN3O3S. The highest BCUT2D eigenvalue weighted by Gasteiger charge is 2.28. The largest absolute Gasteiger partial charge is 0.459 e. The van der Waals surface area contributed by atoms with Crippen molar-refractivity contribution < 1.29 is 12.8 Å². The number of hydrogen-bond acceptors (Lipinski definition) is 4. The molecule has 1 saturated heterocycles. The zero-order valence-corrected chi connectivity index (χ0v) is 19.7. The van der Waals surface area contributed by atoms with E-state index >= 15 is 0 Å². The van der Waals surface area contributed by atoms with E-state index in [1.165, 1.54) is 0 Å². The third kappa shape index (κ3) is 6.49. The predicted octanol–water partition coefficient (Wildman–Crippen LogP) is 3.57. The molecule has 1 fully saturated rings. The molecule has 9 heteroatoms. The minimum atomic E-state index is -2.92. The third-order valence-corrected chi connectivity index (χ3v) is 6.40. The quantitative estimate of drug-likeness (QED) is 0.328. The Bertz CT molecular complexity index is 882. The Labute approximate surface area is 185 Å². The lowest BCUT2D eigenvalue weighted by Crippen LogP contribution is -2.44. The first kappa shape index (κ1) is 22.2. The maximum absolute atomic E-state index is 11.6. The fraction of sp³-hybridized carbons (Fsp3) is 0.389. The zero-order chi connectivity index (χ0) is 18.6. The van der Waals surface area contributed by atoms with Crippen molar-refractivity contribution in [3.8, 4) is 11.3 Å². The number of sulfone groups is 1. The van der Waals surface area contributed by atoms with Crippen molar-refractivity contribution in [3.05, 3.63) is 46.6 Å². The minimum absolute atomic E-state index is 0. The van der Waals surface area contributed by atoms with Gasteiger partial charge in [-0.2, -0.15) is 0 Å². The number of aliphatic imine (C=N–C) groups is 1. The summed E-state index contributed by atoms with van der Waals surface area (Å²) in [6, 6.07) is 11.7. The van der Waals surface area contributed by atoms with E-state index in [1.54, 1.807) is 0 Å². The molecule has 0 spiro atoms. The molecule has 0 radical (unpaired) electrons. The van der Waals surface area contributed by atoms with Gasteiger partial charge < -0.3 is 15.1 Å². The molecule has 0 amide bonds. The monoisotopic (exact) mass is 567 g/mol. The predicted molar refractivity (Wildman–Crippen MR) is 122 cm³/mol. The number of rotatable bonds is 5. The number of guanidine groups is 1. The van der Waals surface area contributed by atoms with E-state index in [9.17, 15) is 8.42 Å². The van der Waals surface area contributed by atoms with E-state index in [2.05, 4.69) is 31.6 Å². The van der Waals surface area contributed by atoms with Gasteiger partial charge in [0.1, 0.15) is 18.1 Å². The molecule has 0 bridgehead atoms. The van der Waals surface area contributed by atoms with Gasteiger partial charge in [0.05, 0.1) is 11.5 Å². The van der Waals surface area contributed by atoms with Gasteiger partial charge in [-0.25, -0.2) is 13.4 Å². The molecule has 2 aromatic rings. The Balaban J connectivity index is 0.00000261. The maximum Gasteiger partial charge on any atom is 0.191 e. The third-order valence-electron chi connectivity index (χ3n) is 4.10. The second-order valence-corrected chi connectivity index (χ2v) is 9.36. The van der Waals surface area contributed by atoms with Gasteiger partial charge >= 0.3 is 0 Å². The molecule has 2 heterocycles. The van der Waals surface area contributed by atoms with Crippen LogP contribution in [0.1, 0.15) is 19.1 Å². The summed E-state index contributed by atoms with van der Waals surface area (Å²) >= 11 is 3.42. The number of hydrogen-bond donors (Lipinski definition) is 2. The van der Waals surface area contributed by atoms with Crippen molar-refractivity contribution >= 4 is 55.7 Å². The van der Waals surface area contributed by atoms with Crippen LogP contribution in [-0.4, -0.2) is 38.5 Å². The van der Waals surface area contributed by atoms with Crippen LogP contribution < -0.4 is 10.6 Å². The van der Waals surface area contributed by atoms with Crippen LogP contribution in [0.5, 0.6) is 0 Å². The van der Waals surface area contributed by atoms with E-state index in [1.807, 2.05) is 43.3 Å². The van der Waals surface area contributed by atoms with Crippen LogP contribution in [0.4, 0.5) is 0 Å². The second kappa shape index (κ2) is 9.92. The topological polar surface area (TPSA) is 83.7 Å². The van der Waals surface area contributed by atoms with Crippen LogP contribution in [0, 0.1) is 0 Å². The molecule has 148 valence electrons. The summed E-state index contributed by atoms with van der Waals surface area (Å²) in [7, 11) is -2.92.